The molecule has 0 aromatic heterocycles. The van der Waals surface area contributed by atoms with Gasteiger partial charge >= 0.3 is 0 Å². The summed E-state index contributed by atoms with van der Waals surface area (Å²) in [6.07, 6.45) is -0.128. The first kappa shape index (κ1) is 13.7. The van der Waals surface area contributed by atoms with E-state index in [0.29, 0.717) is 6.54 Å². The second-order valence-electron chi connectivity index (χ2n) is 3.82. The minimum Gasteiger partial charge on any atom is -0.375 e. The fraction of sp³-hybridized carbons (Fsp3) is 0.462. The number of amides is 1. The fourth-order valence-corrected chi connectivity index (χ4v) is 1.66. The molecule has 1 atom stereocenters. The first-order valence-corrected chi connectivity index (χ1v) is 5.53. The number of ether oxygens (including phenoxy) is 2. The molecular weight excluding hydrogens is 218 g/mol. The van der Waals surface area contributed by atoms with Crippen LogP contribution < -0.4 is 5.32 Å². The SMILES string of the molecule is COCC(=O)NCC(OC)c1ccccc1C. The molecule has 1 aromatic carbocycles. The van der Waals surface area contributed by atoms with Gasteiger partial charge in [0, 0.05) is 20.8 Å². The lowest BCUT2D eigenvalue weighted by Gasteiger charge is -2.18. The van der Waals surface area contributed by atoms with Crippen LogP contribution in [0.15, 0.2) is 24.3 Å². The van der Waals surface area contributed by atoms with E-state index in [-0.39, 0.29) is 18.6 Å². The summed E-state index contributed by atoms with van der Waals surface area (Å²) in [5.74, 6) is -0.136. The molecular formula is C13H19NO3. The van der Waals surface area contributed by atoms with Gasteiger partial charge in [-0.05, 0) is 18.1 Å². The molecule has 4 heteroatoms. The molecule has 1 aromatic rings. The van der Waals surface area contributed by atoms with Crippen molar-refractivity contribution < 1.29 is 14.3 Å². The largest absolute Gasteiger partial charge is 0.375 e. The lowest BCUT2D eigenvalue weighted by molar-refractivity contribution is -0.125. The molecule has 0 fully saturated rings. The Hall–Kier alpha value is -1.39. The smallest absolute Gasteiger partial charge is 0.246 e. The minimum atomic E-state index is -0.136. The van der Waals surface area contributed by atoms with Crippen LogP contribution in [0.1, 0.15) is 17.2 Å². The van der Waals surface area contributed by atoms with E-state index in [0.717, 1.165) is 11.1 Å². The Bertz CT molecular complexity index is 365. The molecule has 0 bridgehead atoms. The quantitative estimate of drug-likeness (QED) is 0.814. The molecule has 17 heavy (non-hydrogen) atoms. The lowest BCUT2D eigenvalue weighted by atomic mass is 10.0. The van der Waals surface area contributed by atoms with Gasteiger partial charge in [-0.2, -0.15) is 0 Å². The van der Waals surface area contributed by atoms with Gasteiger partial charge in [-0.3, -0.25) is 4.79 Å². The van der Waals surface area contributed by atoms with Crippen molar-refractivity contribution in [3.8, 4) is 0 Å². The molecule has 1 unspecified atom stereocenters. The molecule has 0 saturated heterocycles. The Morgan fingerprint density at radius 1 is 1.35 bits per heavy atom. The van der Waals surface area contributed by atoms with Crippen molar-refractivity contribution in [3.63, 3.8) is 0 Å². The maximum absolute atomic E-state index is 11.3. The van der Waals surface area contributed by atoms with E-state index >= 15 is 0 Å². The van der Waals surface area contributed by atoms with E-state index < -0.39 is 0 Å². The first-order valence-electron chi connectivity index (χ1n) is 5.53. The van der Waals surface area contributed by atoms with Crippen LogP contribution in [-0.2, 0) is 14.3 Å². The summed E-state index contributed by atoms with van der Waals surface area (Å²) >= 11 is 0. The van der Waals surface area contributed by atoms with Crippen LogP contribution in [0.25, 0.3) is 0 Å². The average Bonchev–Trinajstić information content (AvgIpc) is 2.32. The van der Waals surface area contributed by atoms with Crippen LogP contribution in [0.3, 0.4) is 0 Å². The molecule has 0 radical (unpaired) electrons. The maximum Gasteiger partial charge on any atom is 0.246 e. The summed E-state index contributed by atoms with van der Waals surface area (Å²) < 4.78 is 10.1. The molecule has 1 rings (SSSR count). The Morgan fingerprint density at radius 2 is 2.06 bits per heavy atom. The van der Waals surface area contributed by atoms with Crippen LogP contribution in [0, 0.1) is 6.92 Å². The topological polar surface area (TPSA) is 47.6 Å². The van der Waals surface area contributed by atoms with Gasteiger partial charge in [0.1, 0.15) is 6.61 Å². The zero-order valence-electron chi connectivity index (χ0n) is 10.5. The molecule has 1 amide bonds. The highest BCUT2D eigenvalue weighted by atomic mass is 16.5. The van der Waals surface area contributed by atoms with Crippen molar-refractivity contribution in [2.45, 2.75) is 13.0 Å². The highest BCUT2D eigenvalue weighted by Gasteiger charge is 2.13. The third-order valence-electron chi connectivity index (χ3n) is 2.58. The van der Waals surface area contributed by atoms with E-state index in [2.05, 4.69) is 5.32 Å². The predicted octanol–water partition coefficient (Wildman–Crippen LogP) is 1.45. The number of carbonyl (C=O) groups is 1. The molecule has 0 saturated carbocycles. The Kier molecular flexibility index (Phi) is 5.66. The van der Waals surface area contributed by atoms with Crippen LogP contribution in [0.2, 0.25) is 0 Å². The van der Waals surface area contributed by atoms with Crippen LogP contribution in [0.5, 0.6) is 0 Å². The second kappa shape index (κ2) is 7.04. The van der Waals surface area contributed by atoms with Gasteiger partial charge in [0.25, 0.3) is 0 Å². The molecule has 0 aliphatic heterocycles. The van der Waals surface area contributed by atoms with E-state index in [1.54, 1.807) is 7.11 Å². The van der Waals surface area contributed by atoms with Crippen molar-refractivity contribution in [1.82, 2.24) is 5.32 Å². The molecule has 0 spiro atoms. The predicted molar refractivity (Wildman–Crippen MR) is 65.8 cm³/mol. The van der Waals surface area contributed by atoms with Gasteiger partial charge in [0.15, 0.2) is 0 Å². The number of rotatable bonds is 6. The highest BCUT2D eigenvalue weighted by Crippen LogP contribution is 2.19. The highest BCUT2D eigenvalue weighted by molar-refractivity contribution is 5.77. The second-order valence-corrected chi connectivity index (χ2v) is 3.82. The number of hydrogen-bond donors (Lipinski definition) is 1. The normalized spacial score (nSPS) is 12.2. The molecule has 0 heterocycles. The third-order valence-corrected chi connectivity index (χ3v) is 2.58. The lowest BCUT2D eigenvalue weighted by Crippen LogP contribution is -2.31. The zero-order valence-corrected chi connectivity index (χ0v) is 10.5. The van der Waals surface area contributed by atoms with Crippen LogP contribution in [0.4, 0.5) is 0 Å². The third kappa shape index (κ3) is 4.17. The molecule has 0 aliphatic rings. The van der Waals surface area contributed by atoms with Crippen LogP contribution in [-0.4, -0.2) is 33.3 Å². The summed E-state index contributed by atoms with van der Waals surface area (Å²) in [4.78, 5) is 11.3. The number of benzene rings is 1. The van der Waals surface area contributed by atoms with Gasteiger partial charge in [0.05, 0.1) is 6.10 Å². The van der Waals surface area contributed by atoms with Crippen LogP contribution >= 0.6 is 0 Å². The Labute approximate surface area is 102 Å². The number of methoxy groups -OCH3 is 2. The molecule has 0 aliphatic carbocycles. The summed E-state index contributed by atoms with van der Waals surface area (Å²) in [6, 6.07) is 7.98. The van der Waals surface area contributed by atoms with Gasteiger partial charge in [-0.15, -0.1) is 0 Å². The average molecular weight is 237 g/mol. The molecule has 4 nitrogen and oxygen atoms in total. The monoisotopic (exact) mass is 237 g/mol. The number of carbonyl (C=O) groups excluding carboxylic acids is 1. The maximum atomic E-state index is 11.3. The molecule has 1 N–H and O–H groups in total. The van der Waals surface area contributed by atoms with Gasteiger partial charge in [0.2, 0.25) is 5.91 Å². The standard InChI is InChI=1S/C13H19NO3/c1-10-6-4-5-7-11(10)12(17-3)8-14-13(15)9-16-2/h4-7,12H,8-9H2,1-3H3,(H,14,15). The van der Waals surface area contributed by atoms with E-state index in [1.165, 1.54) is 7.11 Å². The number of nitrogens with one attached hydrogen (secondary N) is 1. The Morgan fingerprint density at radius 3 is 2.65 bits per heavy atom. The van der Waals surface area contributed by atoms with E-state index in [9.17, 15) is 4.79 Å². The number of hydrogen-bond acceptors (Lipinski definition) is 3. The molecule has 94 valence electrons. The summed E-state index contributed by atoms with van der Waals surface area (Å²) in [6.45, 7) is 2.55. The van der Waals surface area contributed by atoms with Gasteiger partial charge < -0.3 is 14.8 Å². The van der Waals surface area contributed by atoms with Crippen molar-refractivity contribution in [2.75, 3.05) is 27.4 Å². The van der Waals surface area contributed by atoms with Crippen molar-refractivity contribution >= 4 is 5.91 Å². The summed E-state index contributed by atoms with van der Waals surface area (Å²) in [7, 11) is 3.13. The number of aryl methyl sites for hydroxylation is 1. The first-order chi connectivity index (χ1) is 8.19. The van der Waals surface area contributed by atoms with Gasteiger partial charge in [-0.1, -0.05) is 24.3 Å². The van der Waals surface area contributed by atoms with E-state index in [1.807, 2.05) is 31.2 Å². The summed E-state index contributed by atoms with van der Waals surface area (Å²) in [5.41, 5.74) is 2.24. The Balaban J connectivity index is 2.60. The van der Waals surface area contributed by atoms with Crippen molar-refractivity contribution in [2.24, 2.45) is 0 Å². The van der Waals surface area contributed by atoms with Crippen molar-refractivity contribution in [1.29, 1.82) is 0 Å². The summed E-state index contributed by atoms with van der Waals surface area (Å²) in [5, 5.41) is 2.77. The fourth-order valence-electron chi connectivity index (χ4n) is 1.66. The zero-order chi connectivity index (χ0) is 12.7. The van der Waals surface area contributed by atoms with Gasteiger partial charge in [-0.25, -0.2) is 0 Å². The van der Waals surface area contributed by atoms with Crippen molar-refractivity contribution in [3.05, 3.63) is 35.4 Å². The van der Waals surface area contributed by atoms with E-state index in [4.69, 9.17) is 9.47 Å². The minimum absolute atomic E-state index is 0.0736.